The second-order valence-corrected chi connectivity index (χ2v) is 8.66. The summed E-state index contributed by atoms with van der Waals surface area (Å²) in [5.74, 6) is 1.18. The van der Waals surface area contributed by atoms with Crippen LogP contribution >= 0.6 is 11.3 Å². The highest BCUT2D eigenvalue weighted by atomic mass is 32.1. The van der Waals surface area contributed by atoms with E-state index in [0.717, 1.165) is 34.7 Å². The van der Waals surface area contributed by atoms with Crippen LogP contribution in [-0.4, -0.2) is 23.2 Å². The summed E-state index contributed by atoms with van der Waals surface area (Å²) in [5.41, 5.74) is 1.48. The van der Waals surface area contributed by atoms with Gasteiger partial charge in [-0.3, -0.25) is 0 Å². The molecule has 1 aliphatic rings. The van der Waals surface area contributed by atoms with E-state index in [4.69, 9.17) is 4.98 Å². The third kappa shape index (κ3) is 3.98. The molecule has 0 radical (unpaired) electrons. The van der Waals surface area contributed by atoms with E-state index in [9.17, 15) is 5.11 Å². The fourth-order valence-corrected chi connectivity index (χ4v) is 4.33. The lowest BCUT2D eigenvalue weighted by molar-refractivity contribution is 0.220. The normalized spacial score (nSPS) is 20.9. The van der Waals surface area contributed by atoms with Crippen molar-refractivity contribution in [2.45, 2.75) is 66.4 Å². The molecule has 1 atom stereocenters. The Labute approximate surface area is 133 Å². The molecule has 0 bridgehead atoms. The van der Waals surface area contributed by atoms with Crippen LogP contribution in [0, 0.1) is 11.3 Å². The number of nitrogens with zero attached hydrogens (tertiary/aromatic N) is 2. The number of aliphatic hydroxyl groups is 1. The number of aliphatic hydroxyl groups excluding tert-OH is 1. The van der Waals surface area contributed by atoms with E-state index < -0.39 is 0 Å². The Kier molecular flexibility index (Phi) is 5.31. The molecule has 1 unspecified atom stereocenters. The first-order valence-electron chi connectivity index (χ1n) is 8.18. The van der Waals surface area contributed by atoms with Gasteiger partial charge in [0.15, 0.2) is 5.13 Å². The van der Waals surface area contributed by atoms with Gasteiger partial charge in [0, 0.05) is 13.1 Å². The number of rotatable bonds is 3. The Morgan fingerprint density at radius 1 is 1.29 bits per heavy atom. The average Bonchev–Trinajstić information content (AvgIpc) is 2.67. The van der Waals surface area contributed by atoms with Crippen LogP contribution in [0.1, 0.15) is 70.4 Å². The van der Waals surface area contributed by atoms with Crippen LogP contribution in [0.4, 0.5) is 5.13 Å². The van der Waals surface area contributed by atoms with Crippen LogP contribution in [0.3, 0.4) is 0 Å². The van der Waals surface area contributed by atoms with Gasteiger partial charge in [0.2, 0.25) is 0 Å². The van der Waals surface area contributed by atoms with Gasteiger partial charge >= 0.3 is 0 Å². The first kappa shape index (κ1) is 16.8. The molecule has 0 spiro atoms. The van der Waals surface area contributed by atoms with Crippen molar-refractivity contribution in [3.63, 3.8) is 0 Å². The molecule has 1 N–H and O–H groups in total. The van der Waals surface area contributed by atoms with Crippen LogP contribution in [0.2, 0.25) is 0 Å². The topological polar surface area (TPSA) is 36.4 Å². The lowest BCUT2D eigenvalue weighted by atomic mass is 9.77. The van der Waals surface area contributed by atoms with Gasteiger partial charge in [0.25, 0.3) is 0 Å². The molecular weight excluding hydrogens is 280 g/mol. The zero-order chi connectivity index (χ0) is 15.6. The molecule has 0 saturated carbocycles. The van der Waals surface area contributed by atoms with E-state index in [2.05, 4.69) is 39.5 Å². The Hall–Kier alpha value is -0.610. The lowest BCUT2D eigenvalue weighted by Gasteiger charge is -2.29. The molecule has 1 aromatic rings. The quantitative estimate of drug-likeness (QED) is 0.898. The second kappa shape index (κ2) is 6.66. The molecule has 2 heterocycles. The van der Waals surface area contributed by atoms with Crippen LogP contribution in [0.15, 0.2) is 0 Å². The molecule has 4 heteroatoms. The van der Waals surface area contributed by atoms with Gasteiger partial charge in [-0.25, -0.2) is 4.98 Å². The fraction of sp³-hybridized carbons (Fsp3) is 0.824. The molecule has 120 valence electrons. The number of aromatic nitrogens is 1. The summed E-state index contributed by atoms with van der Waals surface area (Å²) in [6, 6.07) is 0. The minimum absolute atomic E-state index is 0.115. The van der Waals surface area contributed by atoms with E-state index >= 15 is 0 Å². The highest BCUT2D eigenvalue weighted by Gasteiger charge is 2.28. The summed E-state index contributed by atoms with van der Waals surface area (Å²) in [6.45, 7) is 13.7. The van der Waals surface area contributed by atoms with E-state index in [-0.39, 0.29) is 6.61 Å². The molecule has 21 heavy (non-hydrogen) atoms. The number of thiazole rings is 1. The molecular formula is C17H30N2OS. The van der Waals surface area contributed by atoms with Gasteiger partial charge in [-0.1, -0.05) is 46.0 Å². The molecule has 1 aromatic heterocycles. The van der Waals surface area contributed by atoms with Gasteiger partial charge in [0.1, 0.15) is 0 Å². The maximum atomic E-state index is 9.54. The van der Waals surface area contributed by atoms with Crippen LogP contribution in [0.25, 0.3) is 0 Å². The lowest BCUT2D eigenvalue weighted by Crippen LogP contribution is -2.26. The predicted molar refractivity (Wildman–Crippen MR) is 91.1 cm³/mol. The largest absolute Gasteiger partial charge is 0.391 e. The minimum atomic E-state index is 0.115. The monoisotopic (exact) mass is 310 g/mol. The highest BCUT2D eigenvalue weighted by Crippen LogP contribution is 2.37. The predicted octanol–water partition coefficient (Wildman–Crippen LogP) is 4.41. The van der Waals surface area contributed by atoms with Crippen LogP contribution in [0.5, 0.6) is 0 Å². The van der Waals surface area contributed by atoms with E-state index in [1.165, 1.54) is 19.3 Å². The standard InChI is InChI=1S/C17H30N2OS/c1-12(2)15-14(11-20)21-16(18-15)19-9-6-7-13(8-10-19)17(3,4)5/h12-13,20H,6-11H2,1-5H3. The Balaban J connectivity index is 2.12. The fourth-order valence-electron chi connectivity index (χ4n) is 3.20. The Morgan fingerprint density at radius 2 is 2.00 bits per heavy atom. The molecule has 0 amide bonds. The summed E-state index contributed by atoms with van der Waals surface area (Å²) in [4.78, 5) is 8.29. The summed E-state index contributed by atoms with van der Waals surface area (Å²) in [5, 5.41) is 10.6. The van der Waals surface area contributed by atoms with Crippen molar-refractivity contribution in [3.05, 3.63) is 10.6 Å². The first-order valence-corrected chi connectivity index (χ1v) is 9.00. The zero-order valence-electron chi connectivity index (χ0n) is 14.1. The van der Waals surface area contributed by atoms with Gasteiger partial charge in [0.05, 0.1) is 17.2 Å². The van der Waals surface area contributed by atoms with E-state index in [1.807, 2.05) is 0 Å². The summed E-state index contributed by atoms with van der Waals surface area (Å²) >= 11 is 1.68. The number of anilines is 1. The maximum absolute atomic E-state index is 9.54. The Morgan fingerprint density at radius 3 is 2.52 bits per heavy atom. The van der Waals surface area contributed by atoms with E-state index in [0.29, 0.717) is 11.3 Å². The third-order valence-corrected chi connectivity index (χ3v) is 5.75. The van der Waals surface area contributed by atoms with Gasteiger partial charge in [-0.2, -0.15) is 0 Å². The van der Waals surface area contributed by atoms with Crippen molar-refractivity contribution in [2.24, 2.45) is 11.3 Å². The van der Waals surface area contributed by atoms with Gasteiger partial charge in [-0.05, 0) is 36.5 Å². The van der Waals surface area contributed by atoms with Gasteiger partial charge in [-0.15, -0.1) is 0 Å². The maximum Gasteiger partial charge on any atom is 0.185 e. The average molecular weight is 311 g/mol. The first-order chi connectivity index (χ1) is 9.82. The van der Waals surface area contributed by atoms with Crippen LogP contribution < -0.4 is 4.90 Å². The summed E-state index contributed by atoms with van der Waals surface area (Å²) in [6.07, 6.45) is 3.80. The third-order valence-electron chi connectivity index (χ3n) is 4.63. The smallest absolute Gasteiger partial charge is 0.185 e. The summed E-state index contributed by atoms with van der Waals surface area (Å²) < 4.78 is 0. The molecule has 1 fully saturated rings. The molecule has 1 aliphatic heterocycles. The van der Waals surface area contributed by atoms with Crippen molar-refractivity contribution >= 4 is 16.5 Å². The zero-order valence-corrected chi connectivity index (χ0v) is 15.0. The Bertz CT molecular complexity index is 462. The van der Waals surface area contributed by atoms with Crippen molar-refractivity contribution in [3.8, 4) is 0 Å². The molecule has 0 aromatic carbocycles. The molecule has 0 aliphatic carbocycles. The van der Waals surface area contributed by atoms with E-state index in [1.54, 1.807) is 11.3 Å². The second-order valence-electron chi connectivity index (χ2n) is 7.60. The SMILES string of the molecule is CC(C)c1nc(N2CCCC(C(C)(C)C)CC2)sc1CO. The highest BCUT2D eigenvalue weighted by molar-refractivity contribution is 7.15. The minimum Gasteiger partial charge on any atom is -0.391 e. The number of hydrogen-bond acceptors (Lipinski definition) is 4. The van der Waals surface area contributed by atoms with Crippen molar-refractivity contribution in [1.29, 1.82) is 0 Å². The van der Waals surface area contributed by atoms with Crippen LogP contribution in [-0.2, 0) is 6.61 Å². The van der Waals surface area contributed by atoms with Crippen molar-refractivity contribution in [1.82, 2.24) is 4.98 Å². The molecule has 1 saturated heterocycles. The summed E-state index contributed by atoms with van der Waals surface area (Å²) in [7, 11) is 0. The van der Waals surface area contributed by atoms with Crippen molar-refractivity contribution < 1.29 is 5.11 Å². The molecule has 3 nitrogen and oxygen atoms in total. The van der Waals surface area contributed by atoms with Crippen molar-refractivity contribution in [2.75, 3.05) is 18.0 Å². The number of hydrogen-bond donors (Lipinski definition) is 1. The molecule has 2 rings (SSSR count). The van der Waals surface area contributed by atoms with Gasteiger partial charge < -0.3 is 10.0 Å².